The maximum Gasteiger partial charge on any atom is 0.0535 e. The highest BCUT2D eigenvalue weighted by Gasteiger charge is 2.39. The van der Waals surface area contributed by atoms with Crippen molar-refractivity contribution in [2.75, 3.05) is 13.1 Å². The van der Waals surface area contributed by atoms with Gasteiger partial charge in [-0.15, -0.1) is 0 Å². The first-order chi connectivity index (χ1) is 8.33. The van der Waals surface area contributed by atoms with Crippen molar-refractivity contribution in [2.24, 2.45) is 0 Å². The molecular weight excluding hydrogens is 220 g/mol. The SMILES string of the molecule is CC1CNC(C)(c2ccccc2)CN1C(C)(C)C. The van der Waals surface area contributed by atoms with E-state index < -0.39 is 0 Å². The van der Waals surface area contributed by atoms with E-state index in [1.165, 1.54) is 5.56 Å². The minimum Gasteiger partial charge on any atom is -0.305 e. The van der Waals surface area contributed by atoms with Crippen molar-refractivity contribution in [3.05, 3.63) is 35.9 Å². The van der Waals surface area contributed by atoms with Crippen molar-refractivity contribution in [1.82, 2.24) is 10.2 Å². The summed E-state index contributed by atoms with van der Waals surface area (Å²) in [6.45, 7) is 13.6. The van der Waals surface area contributed by atoms with E-state index in [2.05, 4.69) is 75.2 Å². The first-order valence-electron chi connectivity index (χ1n) is 6.90. The van der Waals surface area contributed by atoms with E-state index in [1.54, 1.807) is 0 Å². The molecule has 2 nitrogen and oxygen atoms in total. The molecule has 0 aliphatic carbocycles. The highest BCUT2D eigenvalue weighted by molar-refractivity contribution is 5.25. The minimum atomic E-state index is 0.0566. The summed E-state index contributed by atoms with van der Waals surface area (Å²) in [5.74, 6) is 0. The second kappa shape index (κ2) is 4.67. The summed E-state index contributed by atoms with van der Waals surface area (Å²) in [6.07, 6.45) is 0. The second-order valence-electron chi connectivity index (χ2n) is 6.73. The molecule has 1 heterocycles. The van der Waals surface area contributed by atoms with Crippen LogP contribution in [0, 0.1) is 0 Å². The summed E-state index contributed by atoms with van der Waals surface area (Å²) in [5, 5.41) is 3.72. The third-order valence-corrected chi connectivity index (χ3v) is 4.08. The van der Waals surface area contributed by atoms with Crippen LogP contribution in [0.25, 0.3) is 0 Å². The largest absolute Gasteiger partial charge is 0.305 e. The van der Waals surface area contributed by atoms with Crippen LogP contribution in [0.5, 0.6) is 0 Å². The zero-order chi connectivity index (χ0) is 13.4. The molecule has 0 saturated carbocycles. The van der Waals surface area contributed by atoms with Gasteiger partial charge in [0.05, 0.1) is 5.54 Å². The van der Waals surface area contributed by atoms with E-state index in [9.17, 15) is 0 Å². The number of rotatable bonds is 1. The Morgan fingerprint density at radius 2 is 1.83 bits per heavy atom. The van der Waals surface area contributed by atoms with Crippen molar-refractivity contribution >= 4 is 0 Å². The van der Waals surface area contributed by atoms with Gasteiger partial charge in [0.1, 0.15) is 0 Å². The molecule has 2 heteroatoms. The number of nitrogens with one attached hydrogen (secondary N) is 1. The fourth-order valence-corrected chi connectivity index (χ4v) is 2.93. The molecule has 1 aromatic carbocycles. The van der Waals surface area contributed by atoms with Gasteiger partial charge in [0.25, 0.3) is 0 Å². The van der Waals surface area contributed by atoms with E-state index in [0.29, 0.717) is 6.04 Å². The minimum absolute atomic E-state index is 0.0566. The Balaban J connectivity index is 2.26. The summed E-state index contributed by atoms with van der Waals surface area (Å²) >= 11 is 0. The molecule has 0 spiro atoms. The van der Waals surface area contributed by atoms with Crippen LogP contribution in [0.1, 0.15) is 40.2 Å². The maximum atomic E-state index is 3.72. The van der Waals surface area contributed by atoms with Crippen molar-refractivity contribution in [3.63, 3.8) is 0 Å². The average molecular weight is 246 g/mol. The van der Waals surface area contributed by atoms with Gasteiger partial charge in [-0.2, -0.15) is 0 Å². The van der Waals surface area contributed by atoms with Gasteiger partial charge in [-0.25, -0.2) is 0 Å². The van der Waals surface area contributed by atoms with Crippen molar-refractivity contribution in [2.45, 2.75) is 51.7 Å². The van der Waals surface area contributed by atoms with Crippen LogP contribution in [0.15, 0.2) is 30.3 Å². The highest BCUT2D eigenvalue weighted by atomic mass is 15.3. The molecule has 1 aromatic rings. The number of benzene rings is 1. The standard InChI is InChI=1S/C16H26N2/c1-13-11-17-16(5,12-18(13)15(2,3)4)14-9-7-6-8-10-14/h6-10,13,17H,11-12H2,1-5H3. The third kappa shape index (κ3) is 2.60. The molecule has 1 aliphatic heterocycles. The normalized spacial score (nSPS) is 30.4. The van der Waals surface area contributed by atoms with Crippen LogP contribution in [0.3, 0.4) is 0 Å². The van der Waals surface area contributed by atoms with Crippen LogP contribution in [0.4, 0.5) is 0 Å². The fraction of sp³-hybridized carbons (Fsp3) is 0.625. The smallest absolute Gasteiger partial charge is 0.0535 e. The van der Waals surface area contributed by atoms with Gasteiger partial charge in [0.15, 0.2) is 0 Å². The van der Waals surface area contributed by atoms with Gasteiger partial charge in [0, 0.05) is 24.7 Å². The molecule has 2 rings (SSSR count). The van der Waals surface area contributed by atoms with Crippen LogP contribution >= 0.6 is 0 Å². The van der Waals surface area contributed by atoms with E-state index in [4.69, 9.17) is 0 Å². The lowest BCUT2D eigenvalue weighted by Crippen LogP contribution is -2.64. The quantitative estimate of drug-likeness (QED) is 0.819. The number of nitrogens with zero attached hydrogens (tertiary/aromatic N) is 1. The number of piperazine rings is 1. The van der Waals surface area contributed by atoms with Crippen LogP contribution in [-0.4, -0.2) is 29.6 Å². The van der Waals surface area contributed by atoms with Gasteiger partial charge < -0.3 is 5.32 Å². The average Bonchev–Trinajstić information content (AvgIpc) is 2.32. The van der Waals surface area contributed by atoms with Crippen LogP contribution in [0.2, 0.25) is 0 Å². The van der Waals surface area contributed by atoms with Crippen molar-refractivity contribution in [3.8, 4) is 0 Å². The van der Waals surface area contributed by atoms with Crippen molar-refractivity contribution < 1.29 is 0 Å². The summed E-state index contributed by atoms with van der Waals surface area (Å²) in [4.78, 5) is 2.61. The van der Waals surface area contributed by atoms with E-state index in [0.717, 1.165) is 13.1 Å². The van der Waals surface area contributed by atoms with Gasteiger partial charge in [-0.05, 0) is 40.2 Å². The molecule has 1 saturated heterocycles. The molecular formula is C16H26N2. The summed E-state index contributed by atoms with van der Waals surface area (Å²) < 4.78 is 0. The lowest BCUT2D eigenvalue weighted by atomic mass is 9.86. The molecule has 0 bridgehead atoms. The van der Waals surface area contributed by atoms with E-state index >= 15 is 0 Å². The molecule has 2 atom stereocenters. The Hall–Kier alpha value is -0.860. The highest BCUT2D eigenvalue weighted by Crippen LogP contribution is 2.30. The maximum absolute atomic E-state index is 3.72. The van der Waals surface area contributed by atoms with Crippen LogP contribution in [-0.2, 0) is 5.54 Å². The Morgan fingerprint density at radius 3 is 2.39 bits per heavy atom. The van der Waals surface area contributed by atoms with Gasteiger partial charge in [-0.3, -0.25) is 4.90 Å². The topological polar surface area (TPSA) is 15.3 Å². The lowest BCUT2D eigenvalue weighted by molar-refractivity contribution is 0.0197. The van der Waals surface area contributed by atoms with E-state index in [1.807, 2.05) is 0 Å². The zero-order valence-corrected chi connectivity index (χ0v) is 12.3. The molecule has 0 aromatic heterocycles. The zero-order valence-electron chi connectivity index (χ0n) is 12.3. The predicted molar refractivity (Wildman–Crippen MR) is 77.7 cm³/mol. The number of hydrogen-bond donors (Lipinski definition) is 1. The first kappa shape index (κ1) is 13.6. The molecule has 1 aliphatic rings. The molecule has 1 fully saturated rings. The molecule has 2 unspecified atom stereocenters. The second-order valence-corrected chi connectivity index (χ2v) is 6.73. The third-order valence-electron chi connectivity index (χ3n) is 4.08. The Bertz CT molecular complexity index is 393. The first-order valence-corrected chi connectivity index (χ1v) is 6.90. The summed E-state index contributed by atoms with van der Waals surface area (Å²) in [5.41, 5.74) is 1.66. The number of hydrogen-bond acceptors (Lipinski definition) is 2. The van der Waals surface area contributed by atoms with Crippen LogP contribution < -0.4 is 5.32 Å². The fourth-order valence-electron chi connectivity index (χ4n) is 2.93. The van der Waals surface area contributed by atoms with Gasteiger partial charge in [-0.1, -0.05) is 30.3 Å². The Labute approximate surface area is 111 Å². The predicted octanol–water partition coefficient (Wildman–Crippen LogP) is 2.99. The lowest BCUT2D eigenvalue weighted by Gasteiger charge is -2.51. The summed E-state index contributed by atoms with van der Waals surface area (Å²) in [6, 6.07) is 11.4. The van der Waals surface area contributed by atoms with E-state index in [-0.39, 0.29) is 11.1 Å². The van der Waals surface area contributed by atoms with Gasteiger partial charge >= 0.3 is 0 Å². The Morgan fingerprint density at radius 1 is 1.22 bits per heavy atom. The molecule has 1 N–H and O–H groups in total. The van der Waals surface area contributed by atoms with Crippen molar-refractivity contribution in [1.29, 1.82) is 0 Å². The molecule has 18 heavy (non-hydrogen) atoms. The Kier molecular flexibility index (Phi) is 3.52. The monoisotopic (exact) mass is 246 g/mol. The van der Waals surface area contributed by atoms with Gasteiger partial charge in [0.2, 0.25) is 0 Å². The molecule has 0 radical (unpaired) electrons. The summed E-state index contributed by atoms with van der Waals surface area (Å²) in [7, 11) is 0. The molecule has 100 valence electrons. The molecule has 0 amide bonds.